The van der Waals surface area contributed by atoms with Crippen molar-refractivity contribution in [3.05, 3.63) is 53.6 Å². The molecule has 4 nitrogen and oxygen atoms in total. The molecule has 23 heavy (non-hydrogen) atoms. The smallest absolute Gasteiger partial charge is 0.496 e. The zero-order chi connectivity index (χ0) is 16.4. The number of fused-ring (bicyclic) bond motifs is 1. The maximum Gasteiger partial charge on any atom is 0.586 e. The van der Waals surface area contributed by atoms with Crippen LogP contribution in [0.5, 0.6) is 17.2 Å². The molecule has 0 bridgehead atoms. The molecule has 0 fully saturated rings. The van der Waals surface area contributed by atoms with Crippen LogP contribution in [0.1, 0.15) is 24.1 Å². The summed E-state index contributed by atoms with van der Waals surface area (Å²) < 4.78 is 40.3. The van der Waals surface area contributed by atoms with E-state index >= 15 is 0 Å². The molecule has 1 aliphatic heterocycles. The van der Waals surface area contributed by atoms with Crippen molar-refractivity contribution in [1.82, 2.24) is 5.32 Å². The predicted octanol–water partition coefficient (Wildman–Crippen LogP) is 3.87. The predicted molar refractivity (Wildman–Crippen MR) is 80.9 cm³/mol. The lowest BCUT2D eigenvalue weighted by Crippen LogP contribution is -2.25. The van der Waals surface area contributed by atoms with Crippen molar-refractivity contribution in [3.63, 3.8) is 0 Å². The van der Waals surface area contributed by atoms with Crippen molar-refractivity contribution >= 4 is 0 Å². The van der Waals surface area contributed by atoms with Crippen molar-refractivity contribution in [1.29, 1.82) is 0 Å². The number of methoxy groups -OCH3 is 1. The van der Waals surface area contributed by atoms with Gasteiger partial charge in [0.1, 0.15) is 5.75 Å². The summed E-state index contributed by atoms with van der Waals surface area (Å²) in [7, 11) is 1.63. The van der Waals surface area contributed by atoms with E-state index in [4.69, 9.17) is 4.74 Å². The first-order valence-corrected chi connectivity index (χ1v) is 7.23. The number of alkyl halides is 2. The van der Waals surface area contributed by atoms with Crippen LogP contribution in [0.4, 0.5) is 8.78 Å². The molecular weight excluding hydrogens is 304 g/mol. The molecule has 1 atom stereocenters. The van der Waals surface area contributed by atoms with E-state index < -0.39 is 6.29 Å². The molecule has 2 aromatic carbocycles. The minimum absolute atomic E-state index is 0.0516. The van der Waals surface area contributed by atoms with Crippen LogP contribution in [0.25, 0.3) is 0 Å². The summed E-state index contributed by atoms with van der Waals surface area (Å²) >= 11 is 0. The Kier molecular flexibility index (Phi) is 4.09. The number of ether oxygens (including phenoxy) is 3. The van der Waals surface area contributed by atoms with Crippen LogP contribution in [0, 0.1) is 0 Å². The third-order valence-electron chi connectivity index (χ3n) is 3.72. The summed E-state index contributed by atoms with van der Waals surface area (Å²) in [6.07, 6.45) is -3.59. The molecule has 0 amide bonds. The van der Waals surface area contributed by atoms with E-state index in [-0.39, 0.29) is 17.5 Å². The third kappa shape index (κ3) is 3.37. The van der Waals surface area contributed by atoms with Crippen molar-refractivity contribution in [2.24, 2.45) is 0 Å². The van der Waals surface area contributed by atoms with Crippen molar-refractivity contribution in [2.75, 3.05) is 7.11 Å². The highest BCUT2D eigenvalue weighted by Gasteiger charge is 2.43. The summed E-state index contributed by atoms with van der Waals surface area (Å²) in [5, 5.41) is 3.34. The molecule has 1 unspecified atom stereocenters. The molecule has 122 valence electrons. The molecule has 0 aromatic heterocycles. The summed E-state index contributed by atoms with van der Waals surface area (Å²) in [5.74, 6) is 0.909. The zero-order valence-corrected chi connectivity index (χ0v) is 12.8. The monoisotopic (exact) mass is 321 g/mol. The van der Waals surface area contributed by atoms with E-state index in [0.717, 1.165) is 16.9 Å². The van der Waals surface area contributed by atoms with Crippen LogP contribution in [-0.4, -0.2) is 13.4 Å². The van der Waals surface area contributed by atoms with E-state index in [1.807, 2.05) is 31.2 Å². The Morgan fingerprint density at radius 3 is 2.65 bits per heavy atom. The number of nitrogens with one attached hydrogen (secondary N) is 1. The first-order valence-electron chi connectivity index (χ1n) is 7.23. The van der Waals surface area contributed by atoms with Gasteiger partial charge in [-0.05, 0) is 30.7 Å². The lowest BCUT2D eigenvalue weighted by Gasteiger charge is -2.16. The van der Waals surface area contributed by atoms with Crippen LogP contribution >= 0.6 is 0 Å². The number of hydrogen-bond acceptors (Lipinski definition) is 4. The molecule has 0 saturated heterocycles. The third-order valence-corrected chi connectivity index (χ3v) is 3.72. The summed E-state index contributed by atoms with van der Waals surface area (Å²) in [4.78, 5) is 0. The number of para-hydroxylation sites is 1. The molecule has 3 rings (SSSR count). The van der Waals surface area contributed by atoms with Crippen LogP contribution in [0.2, 0.25) is 0 Å². The van der Waals surface area contributed by atoms with E-state index in [0.29, 0.717) is 6.54 Å². The van der Waals surface area contributed by atoms with Gasteiger partial charge in [-0.15, -0.1) is 8.78 Å². The van der Waals surface area contributed by atoms with E-state index in [1.165, 1.54) is 6.07 Å². The Morgan fingerprint density at radius 2 is 1.87 bits per heavy atom. The minimum atomic E-state index is -3.59. The van der Waals surface area contributed by atoms with Gasteiger partial charge >= 0.3 is 6.29 Å². The van der Waals surface area contributed by atoms with Crippen molar-refractivity contribution in [2.45, 2.75) is 25.8 Å². The molecule has 2 aromatic rings. The lowest BCUT2D eigenvalue weighted by molar-refractivity contribution is -0.286. The summed E-state index contributed by atoms with van der Waals surface area (Å²) in [6.45, 7) is 2.54. The molecule has 0 aliphatic carbocycles. The molecule has 0 spiro atoms. The van der Waals surface area contributed by atoms with Gasteiger partial charge in [-0.25, -0.2) is 0 Å². The van der Waals surface area contributed by atoms with Crippen molar-refractivity contribution < 1.29 is 23.0 Å². The Morgan fingerprint density at radius 1 is 1.13 bits per heavy atom. The Balaban J connectivity index is 1.69. The van der Waals surface area contributed by atoms with Gasteiger partial charge in [0.15, 0.2) is 11.5 Å². The maximum atomic E-state index is 13.0. The van der Waals surface area contributed by atoms with Gasteiger partial charge < -0.3 is 19.5 Å². The molecule has 6 heteroatoms. The largest absolute Gasteiger partial charge is 0.586 e. The molecule has 1 aliphatic rings. The molecule has 1 N–H and O–H groups in total. The Labute approximate surface area is 133 Å². The van der Waals surface area contributed by atoms with Crippen LogP contribution < -0.4 is 19.5 Å². The second-order valence-corrected chi connectivity index (χ2v) is 5.29. The molecule has 1 heterocycles. The second-order valence-electron chi connectivity index (χ2n) is 5.29. The van der Waals surface area contributed by atoms with Crippen LogP contribution in [0.3, 0.4) is 0 Å². The van der Waals surface area contributed by atoms with Gasteiger partial charge in [-0.3, -0.25) is 0 Å². The van der Waals surface area contributed by atoms with Gasteiger partial charge in [0.2, 0.25) is 0 Å². The summed E-state index contributed by atoms with van der Waals surface area (Å²) in [6, 6.07) is 12.5. The van der Waals surface area contributed by atoms with Gasteiger partial charge in [-0.2, -0.15) is 0 Å². The fraction of sp³-hybridized carbons (Fsp3) is 0.294. The number of halogens is 2. The Hall–Kier alpha value is -2.34. The Bertz CT molecular complexity index is 706. The lowest BCUT2D eigenvalue weighted by atomic mass is 10.1. The molecule has 0 radical (unpaired) electrons. The fourth-order valence-electron chi connectivity index (χ4n) is 2.46. The molecule has 0 saturated carbocycles. The standard InChI is InChI=1S/C17H17F2NO3/c1-11(20-10-13-5-3-4-6-14(13)21-2)12-7-8-15-16(9-12)23-17(18,19)22-15/h3-9,11,20H,10H2,1-2H3. The number of rotatable bonds is 5. The normalized spacial score (nSPS) is 16.2. The van der Waals surface area contributed by atoms with Gasteiger partial charge in [0, 0.05) is 18.2 Å². The van der Waals surface area contributed by atoms with Gasteiger partial charge in [0.25, 0.3) is 0 Å². The van der Waals surface area contributed by atoms with Gasteiger partial charge in [0.05, 0.1) is 7.11 Å². The second kappa shape index (κ2) is 6.04. The van der Waals surface area contributed by atoms with Gasteiger partial charge in [-0.1, -0.05) is 24.3 Å². The van der Waals surface area contributed by atoms with Crippen LogP contribution in [0.15, 0.2) is 42.5 Å². The topological polar surface area (TPSA) is 39.7 Å². The number of benzene rings is 2. The first-order chi connectivity index (χ1) is 11.0. The van der Waals surface area contributed by atoms with E-state index in [9.17, 15) is 8.78 Å². The summed E-state index contributed by atoms with van der Waals surface area (Å²) in [5.41, 5.74) is 1.86. The average molecular weight is 321 g/mol. The van der Waals surface area contributed by atoms with Crippen molar-refractivity contribution in [3.8, 4) is 17.2 Å². The zero-order valence-electron chi connectivity index (χ0n) is 12.8. The van der Waals surface area contributed by atoms with E-state index in [2.05, 4.69) is 14.8 Å². The highest BCUT2D eigenvalue weighted by molar-refractivity contribution is 5.46. The van der Waals surface area contributed by atoms with E-state index in [1.54, 1.807) is 19.2 Å². The highest BCUT2D eigenvalue weighted by Crippen LogP contribution is 2.42. The SMILES string of the molecule is COc1ccccc1CNC(C)c1ccc2c(c1)OC(F)(F)O2. The highest BCUT2D eigenvalue weighted by atomic mass is 19.3. The first kappa shape index (κ1) is 15.6. The minimum Gasteiger partial charge on any atom is -0.496 e. The fourth-order valence-corrected chi connectivity index (χ4v) is 2.46. The number of hydrogen-bond donors (Lipinski definition) is 1. The quantitative estimate of drug-likeness (QED) is 0.907. The van der Waals surface area contributed by atoms with Crippen LogP contribution in [-0.2, 0) is 6.54 Å². The average Bonchev–Trinajstić information content (AvgIpc) is 2.85. The maximum absolute atomic E-state index is 13.0. The molecular formula is C17H17F2NO3.